The van der Waals surface area contributed by atoms with E-state index in [0.717, 1.165) is 5.56 Å². The zero-order valence-electron chi connectivity index (χ0n) is 17.2. The normalized spacial score (nSPS) is 10.3. The topological polar surface area (TPSA) is 107 Å². The molecule has 0 fully saturated rings. The van der Waals surface area contributed by atoms with Gasteiger partial charge in [0.2, 0.25) is 5.91 Å². The number of carbonyl (C=O) groups excluding carboxylic acids is 3. The zero-order chi connectivity index (χ0) is 22.4. The van der Waals surface area contributed by atoms with Gasteiger partial charge in [-0.15, -0.1) is 11.3 Å². The van der Waals surface area contributed by atoms with Gasteiger partial charge in [0.15, 0.2) is 29.0 Å². The van der Waals surface area contributed by atoms with Crippen molar-refractivity contribution in [1.29, 1.82) is 0 Å². The third-order valence-electron chi connectivity index (χ3n) is 4.18. The number of hydrogen-bond donors (Lipinski definition) is 2. The van der Waals surface area contributed by atoms with E-state index in [-0.39, 0.29) is 24.2 Å². The van der Waals surface area contributed by atoms with Crippen molar-refractivity contribution < 1.29 is 23.9 Å². The number of ether oxygens (including phenoxy) is 2. The lowest BCUT2D eigenvalue weighted by Crippen LogP contribution is -2.20. The van der Waals surface area contributed by atoms with E-state index in [1.165, 1.54) is 32.3 Å². The highest BCUT2D eigenvalue weighted by molar-refractivity contribution is 7.14. The molecule has 0 spiro atoms. The van der Waals surface area contributed by atoms with Gasteiger partial charge in [0.1, 0.15) is 0 Å². The Morgan fingerprint density at radius 3 is 2.39 bits per heavy atom. The van der Waals surface area contributed by atoms with E-state index in [4.69, 9.17) is 9.47 Å². The summed E-state index contributed by atoms with van der Waals surface area (Å²) in [7, 11) is 1.46. The first kappa shape index (κ1) is 22.0. The van der Waals surface area contributed by atoms with Crippen LogP contribution >= 0.6 is 11.3 Å². The Hall–Kier alpha value is -3.72. The highest BCUT2D eigenvalue weighted by atomic mass is 32.1. The second kappa shape index (κ2) is 9.86. The van der Waals surface area contributed by atoms with Gasteiger partial charge < -0.3 is 14.8 Å². The summed E-state index contributed by atoms with van der Waals surface area (Å²) in [5.41, 5.74) is 2.76. The average Bonchev–Trinajstić information content (AvgIpc) is 3.20. The lowest BCUT2D eigenvalue weighted by molar-refractivity contribution is -0.118. The molecule has 0 saturated carbocycles. The molecule has 9 heteroatoms. The summed E-state index contributed by atoms with van der Waals surface area (Å²) in [6.45, 7) is 2.67. The van der Waals surface area contributed by atoms with Crippen LogP contribution in [0.4, 0.5) is 10.8 Å². The maximum absolute atomic E-state index is 12.2. The minimum atomic E-state index is -0.375. The van der Waals surface area contributed by atoms with E-state index in [0.29, 0.717) is 33.6 Å². The van der Waals surface area contributed by atoms with Crippen LogP contribution in [0, 0.1) is 0 Å². The summed E-state index contributed by atoms with van der Waals surface area (Å²) >= 11 is 1.29. The number of benzene rings is 2. The molecule has 1 aromatic heterocycles. The molecule has 0 unspecified atom stereocenters. The van der Waals surface area contributed by atoms with Gasteiger partial charge in [0.25, 0.3) is 5.91 Å². The molecule has 3 rings (SSSR count). The Bertz CT molecular complexity index is 1110. The highest BCUT2D eigenvalue weighted by Gasteiger charge is 2.12. The summed E-state index contributed by atoms with van der Waals surface area (Å²) in [4.78, 5) is 39.2. The second-order valence-electron chi connectivity index (χ2n) is 6.56. The monoisotopic (exact) mass is 439 g/mol. The van der Waals surface area contributed by atoms with Crippen LogP contribution in [0.3, 0.4) is 0 Å². The third-order valence-corrected chi connectivity index (χ3v) is 4.94. The van der Waals surface area contributed by atoms with Crippen LogP contribution in [0.1, 0.15) is 24.2 Å². The van der Waals surface area contributed by atoms with Gasteiger partial charge in [-0.05, 0) is 37.3 Å². The van der Waals surface area contributed by atoms with Crippen molar-refractivity contribution in [3.05, 3.63) is 53.4 Å². The molecule has 0 atom stereocenters. The zero-order valence-corrected chi connectivity index (χ0v) is 18.0. The fourth-order valence-electron chi connectivity index (χ4n) is 2.70. The first-order valence-corrected chi connectivity index (χ1v) is 10.2. The van der Waals surface area contributed by atoms with E-state index in [1.54, 1.807) is 30.3 Å². The fraction of sp³-hybridized carbons (Fsp3) is 0.182. The van der Waals surface area contributed by atoms with Crippen LogP contribution in [0.15, 0.2) is 47.8 Å². The summed E-state index contributed by atoms with van der Waals surface area (Å²) in [6.07, 6.45) is 0. The summed E-state index contributed by atoms with van der Waals surface area (Å²) in [5.74, 6) is 0.133. The van der Waals surface area contributed by atoms with Crippen molar-refractivity contribution in [2.75, 3.05) is 24.4 Å². The van der Waals surface area contributed by atoms with Gasteiger partial charge >= 0.3 is 0 Å². The number of aromatic nitrogens is 1. The molecule has 0 radical (unpaired) electrons. The predicted molar refractivity (Wildman–Crippen MR) is 119 cm³/mol. The standard InChI is InChI=1S/C22H21N3O5S/c1-13(26)16-6-9-19(20(10-16)29-3)30-11-21(28)25-22-24-18(12-31-22)15-4-7-17(8-5-15)23-14(2)27/h4-10,12H,11H2,1-3H3,(H,23,27)(H,24,25,28). The first-order valence-electron chi connectivity index (χ1n) is 9.31. The van der Waals surface area contributed by atoms with Crippen LogP contribution < -0.4 is 20.1 Å². The van der Waals surface area contributed by atoms with Crippen LogP contribution in [0.2, 0.25) is 0 Å². The Balaban J connectivity index is 1.59. The van der Waals surface area contributed by atoms with Gasteiger partial charge in [-0.25, -0.2) is 4.98 Å². The van der Waals surface area contributed by atoms with Crippen LogP contribution in [-0.4, -0.2) is 36.3 Å². The molecule has 0 aliphatic carbocycles. The highest BCUT2D eigenvalue weighted by Crippen LogP contribution is 2.29. The molecule has 2 aromatic carbocycles. The lowest BCUT2D eigenvalue weighted by Gasteiger charge is -2.11. The SMILES string of the molecule is COc1cc(C(C)=O)ccc1OCC(=O)Nc1nc(-c2ccc(NC(C)=O)cc2)cs1. The number of hydrogen-bond acceptors (Lipinski definition) is 7. The molecule has 3 aromatic rings. The van der Waals surface area contributed by atoms with E-state index in [9.17, 15) is 14.4 Å². The van der Waals surface area contributed by atoms with Crippen molar-refractivity contribution >= 4 is 39.8 Å². The number of methoxy groups -OCH3 is 1. The number of nitrogens with one attached hydrogen (secondary N) is 2. The second-order valence-corrected chi connectivity index (χ2v) is 7.41. The number of amides is 2. The van der Waals surface area contributed by atoms with E-state index in [1.807, 2.05) is 17.5 Å². The molecule has 0 aliphatic heterocycles. The Morgan fingerprint density at radius 1 is 1.00 bits per heavy atom. The Morgan fingerprint density at radius 2 is 1.74 bits per heavy atom. The third kappa shape index (κ3) is 5.89. The lowest BCUT2D eigenvalue weighted by atomic mass is 10.1. The molecule has 0 saturated heterocycles. The van der Waals surface area contributed by atoms with Gasteiger partial charge in [0.05, 0.1) is 12.8 Å². The smallest absolute Gasteiger partial charge is 0.264 e. The molecular weight excluding hydrogens is 418 g/mol. The fourth-order valence-corrected chi connectivity index (χ4v) is 3.43. The number of ketones is 1. The molecule has 31 heavy (non-hydrogen) atoms. The first-order chi connectivity index (χ1) is 14.9. The number of thiazole rings is 1. The molecule has 0 bridgehead atoms. The summed E-state index contributed by atoms with van der Waals surface area (Å²) < 4.78 is 10.8. The minimum absolute atomic E-state index is 0.0908. The van der Waals surface area contributed by atoms with Crippen molar-refractivity contribution in [2.24, 2.45) is 0 Å². The maximum atomic E-state index is 12.2. The maximum Gasteiger partial charge on any atom is 0.264 e. The minimum Gasteiger partial charge on any atom is -0.493 e. The number of carbonyl (C=O) groups is 3. The van der Waals surface area contributed by atoms with Gasteiger partial charge in [-0.2, -0.15) is 0 Å². The molecule has 8 nitrogen and oxygen atoms in total. The number of nitrogens with zero attached hydrogens (tertiary/aromatic N) is 1. The van der Waals surface area contributed by atoms with Crippen molar-refractivity contribution in [3.63, 3.8) is 0 Å². The number of anilines is 2. The van der Waals surface area contributed by atoms with E-state index < -0.39 is 0 Å². The largest absolute Gasteiger partial charge is 0.493 e. The summed E-state index contributed by atoms with van der Waals surface area (Å²) in [6, 6.07) is 12.0. The molecular formula is C22H21N3O5S. The van der Waals surface area contributed by atoms with Crippen LogP contribution in [-0.2, 0) is 9.59 Å². The van der Waals surface area contributed by atoms with Crippen LogP contribution in [0.25, 0.3) is 11.3 Å². The number of rotatable bonds is 8. The molecule has 1 heterocycles. The summed E-state index contributed by atoms with van der Waals surface area (Å²) in [5, 5.41) is 7.67. The average molecular weight is 439 g/mol. The quantitative estimate of drug-likeness (QED) is 0.514. The van der Waals surface area contributed by atoms with Gasteiger partial charge in [-0.3, -0.25) is 19.7 Å². The molecule has 0 aliphatic rings. The molecule has 2 amide bonds. The molecule has 2 N–H and O–H groups in total. The van der Waals surface area contributed by atoms with E-state index >= 15 is 0 Å². The van der Waals surface area contributed by atoms with Crippen molar-refractivity contribution in [1.82, 2.24) is 4.98 Å². The predicted octanol–water partition coefficient (Wildman–Crippen LogP) is 4.00. The Labute approximate surface area is 183 Å². The Kier molecular flexibility index (Phi) is 6.99. The van der Waals surface area contributed by atoms with Gasteiger partial charge in [-0.1, -0.05) is 12.1 Å². The van der Waals surface area contributed by atoms with E-state index in [2.05, 4.69) is 15.6 Å². The van der Waals surface area contributed by atoms with Crippen LogP contribution in [0.5, 0.6) is 11.5 Å². The van der Waals surface area contributed by atoms with Gasteiger partial charge in [0, 0.05) is 29.1 Å². The number of Topliss-reactive ketones (excluding diaryl/α,β-unsaturated/α-hetero) is 1. The van der Waals surface area contributed by atoms with Crippen molar-refractivity contribution in [3.8, 4) is 22.8 Å². The van der Waals surface area contributed by atoms with Crippen molar-refractivity contribution in [2.45, 2.75) is 13.8 Å². The molecule has 160 valence electrons.